The first-order valence-electron chi connectivity index (χ1n) is 7.18. The first kappa shape index (κ1) is 16.2. The Kier molecular flexibility index (Phi) is 4.83. The third kappa shape index (κ3) is 3.71. The third-order valence-electron chi connectivity index (χ3n) is 3.79. The number of ether oxygens (including phenoxy) is 1. The average molecular weight is 313 g/mol. The molecule has 0 radical (unpaired) electrons. The van der Waals surface area contributed by atoms with Crippen molar-refractivity contribution in [3.05, 3.63) is 5.82 Å². The lowest BCUT2D eigenvalue weighted by Crippen LogP contribution is -2.41. The summed E-state index contributed by atoms with van der Waals surface area (Å²) >= 11 is 1.41. The molecule has 1 unspecified atom stereocenters. The first-order chi connectivity index (χ1) is 9.82. The Bertz CT molecular complexity index is 490. The summed E-state index contributed by atoms with van der Waals surface area (Å²) in [6.07, 6.45) is 0.484. The number of anilines is 1. The molecular formula is C14H23N3O3S. The van der Waals surface area contributed by atoms with Gasteiger partial charge in [-0.3, -0.25) is 0 Å². The number of carbonyl (C=O) groups is 1. The molecule has 2 rings (SSSR count). The molecular weight excluding hydrogens is 290 g/mol. The van der Waals surface area contributed by atoms with Crippen LogP contribution in [0.25, 0.3) is 0 Å². The van der Waals surface area contributed by atoms with Crippen LogP contribution in [-0.4, -0.2) is 46.7 Å². The molecule has 7 heteroatoms. The summed E-state index contributed by atoms with van der Waals surface area (Å²) in [6, 6.07) is 0. The number of aliphatic hydroxyl groups excluding tert-OH is 1. The van der Waals surface area contributed by atoms with E-state index in [1.54, 1.807) is 0 Å². The van der Waals surface area contributed by atoms with Crippen LogP contribution in [0, 0.1) is 5.92 Å². The van der Waals surface area contributed by atoms with Gasteiger partial charge in [-0.05, 0) is 18.8 Å². The van der Waals surface area contributed by atoms with Crippen LogP contribution in [0.15, 0.2) is 0 Å². The molecule has 0 amide bonds. The van der Waals surface area contributed by atoms with Crippen LogP contribution in [0.4, 0.5) is 5.13 Å². The minimum atomic E-state index is -1.02. The fraction of sp³-hybridized carbons (Fsp3) is 0.786. The Morgan fingerprint density at radius 1 is 1.43 bits per heavy atom. The van der Waals surface area contributed by atoms with Gasteiger partial charge < -0.3 is 14.7 Å². The summed E-state index contributed by atoms with van der Waals surface area (Å²) in [5.41, 5.74) is -0.0475. The fourth-order valence-corrected chi connectivity index (χ4v) is 3.28. The van der Waals surface area contributed by atoms with Gasteiger partial charge in [-0.15, -0.1) is 0 Å². The number of aliphatic hydroxyl groups is 1. The number of methoxy groups -OCH3 is 1. The lowest BCUT2D eigenvalue weighted by Gasteiger charge is -2.32. The summed E-state index contributed by atoms with van der Waals surface area (Å²) in [6.45, 7) is 7.84. The molecule has 0 spiro atoms. The van der Waals surface area contributed by atoms with E-state index in [9.17, 15) is 9.90 Å². The second kappa shape index (κ2) is 6.27. The molecule has 1 fully saturated rings. The molecule has 0 saturated carbocycles. The minimum Gasteiger partial charge on any atom is -0.467 e. The van der Waals surface area contributed by atoms with E-state index in [-0.39, 0.29) is 11.3 Å². The molecule has 6 nitrogen and oxygen atoms in total. The van der Waals surface area contributed by atoms with Gasteiger partial charge in [0.15, 0.2) is 6.10 Å². The first-order valence-corrected chi connectivity index (χ1v) is 7.95. The maximum absolute atomic E-state index is 11.4. The zero-order chi connectivity index (χ0) is 15.6. The van der Waals surface area contributed by atoms with Crippen molar-refractivity contribution in [3.8, 4) is 0 Å². The lowest BCUT2D eigenvalue weighted by atomic mass is 9.91. The van der Waals surface area contributed by atoms with E-state index >= 15 is 0 Å². The van der Waals surface area contributed by atoms with Crippen LogP contribution >= 0.6 is 11.5 Å². The van der Waals surface area contributed by atoms with E-state index in [1.165, 1.54) is 18.6 Å². The van der Waals surface area contributed by atoms with Crippen LogP contribution in [0.5, 0.6) is 0 Å². The molecule has 118 valence electrons. The second-order valence-electron chi connectivity index (χ2n) is 6.44. The maximum Gasteiger partial charge on any atom is 0.334 e. The number of rotatable bonds is 3. The Morgan fingerprint density at radius 3 is 2.52 bits per heavy atom. The van der Waals surface area contributed by atoms with Crippen molar-refractivity contribution in [3.63, 3.8) is 0 Å². The molecule has 0 aliphatic carbocycles. The Balaban J connectivity index is 1.95. The normalized spacial score (nSPS) is 18.6. The quantitative estimate of drug-likeness (QED) is 0.854. The monoisotopic (exact) mass is 313 g/mol. The molecule has 1 atom stereocenters. The van der Waals surface area contributed by atoms with Crippen molar-refractivity contribution in [2.45, 2.75) is 45.1 Å². The topological polar surface area (TPSA) is 75.6 Å². The number of piperidine rings is 1. The van der Waals surface area contributed by atoms with Gasteiger partial charge in [-0.1, -0.05) is 20.8 Å². The van der Waals surface area contributed by atoms with Gasteiger partial charge in [-0.25, -0.2) is 9.78 Å². The molecule has 1 aromatic rings. The summed E-state index contributed by atoms with van der Waals surface area (Å²) in [5.74, 6) is 0.280. The van der Waals surface area contributed by atoms with Gasteiger partial charge in [0.2, 0.25) is 5.13 Å². The van der Waals surface area contributed by atoms with Crippen LogP contribution in [-0.2, 0) is 14.9 Å². The Morgan fingerprint density at radius 2 is 2.05 bits per heavy atom. The number of carbonyl (C=O) groups excluding carboxylic acids is 1. The van der Waals surface area contributed by atoms with Crippen LogP contribution in [0.2, 0.25) is 0 Å². The molecule has 0 bridgehead atoms. The van der Waals surface area contributed by atoms with Crippen molar-refractivity contribution in [2.24, 2.45) is 5.92 Å². The smallest absolute Gasteiger partial charge is 0.334 e. The molecule has 0 aromatic carbocycles. The molecule has 1 aromatic heterocycles. The van der Waals surface area contributed by atoms with Crippen LogP contribution in [0.3, 0.4) is 0 Å². The van der Waals surface area contributed by atoms with E-state index in [0.29, 0.717) is 0 Å². The minimum absolute atomic E-state index is 0.0382. The van der Waals surface area contributed by atoms with E-state index in [1.807, 2.05) is 0 Å². The SMILES string of the molecule is COC(=O)C(O)C1CCN(c2nc(C(C)(C)C)ns2)CC1. The van der Waals surface area contributed by atoms with Crippen molar-refractivity contribution in [2.75, 3.05) is 25.1 Å². The number of hydrogen-bond acceptors (Lipinski definition) is 7. The van der Waals surface area contributed by atoms with Gasteiger partial charge in [0.1, 0.15) is 5.82 Å². The standard InChI is InChI=1S/C14H23N3O3S/c1-14(2,3)12-15-13(21-16-12)17-7-5-9(6-8-17)10(18)11(19)20-4/h9-10,18H,5-8H2,1-4H3. The van der Waals surface area contributed by atoms with Crippen LogP contribution in [0.1, 0.15) is 39.4 Å². The zero-order valence-electron chi connectivity index (χ0n) is 13.0. The summed E-state index contributed by atoms with van der Waals surface area (Å²) < 4.78 is 9.02. The highest BCUT2D eigenvalue weighted by molar-refractivity contribution is 7.09. The summed E-state index contributed by atoms with van der Waals surface area (Å²) in [5, 5.41) is 10.8. The summed E-state index contributed by atoms with van der Waals surface area (Å²) in [4.78, 5) is 18.1. The van der Waals surface area contributed by atoms with E-state index in [2.05, 4.69) is 39.8 Å². The number of esters is 1. The maximum atomic E-state index is 11.4. The number of nitrogens with zero attached hydrogens (tertiary/aromatic N) is 3. The second-order valence-corrected chi connectivity index (χ2v) is 7.17. The largest absolute Gasteiger partial charge is 0.467 e. The molecule has 1 aliphatic heterocycles. The average Bonchev–Trinajstić information content (AvgIpc) is 2.95. The van der Waals surface area contributed by atoms with Crippen molar-refractivity contribution < 1.29 is 14.6 Å². The highest BCUT2D eigenvalue weighted by Crippen LogP contribution is 2.29. The molecule has 1 saturated heterocycles. The number of aromatic nitrogens is 2. The van der Waals surface area contributed by atoms with Crippen LogP contribution < -0.4 is 4.90 Å². The Labute approximate surface area is 129 Å². The Hall–Kier alpha value is -1.21. The van der Waals surface area contributed by atoms with Gasteiger partial charge >= 0.3 is 5.97 Å². The van der Waals surface area contributed by atoms with E-state index in [4.69, 9.17) is 0 Å². The van der Waals surface area contributed by atoms with Gasteiger partial charge in [-0.2, -0.15) is 4.37 Å². The molecule has 1 aliphatic rings. The predicted molar refractivity (Wildman–Crippen MR) is 81.6 cm³/mol. The molecule has 21 heavy (non-hydrogen) atoms. The lowest BCUT2D eigenvalue weighted by molar-refractivity contribution is -0.153. The zero-order valence-corrected chi connectivity index (χ0v) is 13.8. The van der Waals surface area contributed by atoms with Crippen molar-refractivity contribution in [1.29, 1.82) is 0 Å². The highest BCUT2D eigenvalue weighted by Gasteiger charge is 2.31. The van der Waals surface area contributed by atoms with Gasteiger partial charge in [0.25, 0.3) is 0 Å². The predicted octanol–water partition coefficient (Wildman–Crippen LogP) is 1.59. The third-order valence-corrected chi connectivity index (χ3v) is 4.56. The van der Waals surface area contributed by atoms with Gasteiger partial charge in [0.05, 0.1) is 7.11 Å². The van der Waals surface area contributed by atoms with Crippen molar-refractivity contribution >= 4 is 22.6 Å². The van der Waals surface area contributed by atoms with Gasteiger partial charge in [0, 0.05) is 30.0 Å². The highest BCUT2D eigenvalue weighted by atomic mass is 32.1. The molecule has 1 N–H and O–H groups in total. The summed E-state index contributed by atoms with van der Waals surface area (Å²) in [7, 11) is 1.30. The van der Waals surface area contributed by atoms with Crippen molar-refractivity contribution in [1.82, 2.24) is 9.36 Å². The number of hydrogen-bond donors (Lipinski definition) is 1. The molecule has 2 heterocycles. The fourth-order valence-electron chi connectivity index (χ4n) is 2.37. The van der Waals surface area contributed by atoms with E-state index < -0.39 is 12.1 Å². The van der Waals surface area contributed by atoms with E-state index in [0.717, 1.165) is 36.9 Å².